The first-order chi connectivity index (χ1) is 13.6. The first kappa shape index (κ1) is 18.5. The number of likely N-dealkylation sites (tertiary alicyclic amines) is 1. The molecule has 146 valence electrons. The predicted octanol–water partition coefficient (Wildman–Crippen LogP) is 2.50. The fourth-order valence-electron chi connectivity index (χ4n) is 4.40. The molecule has 3 heterocycles. The number of hydrogen-bond donors (Lipinski definition) is 1. The summed E-state index contributed by atoms with van der Waals surface area (Å²) < 4.78 is 14.3. The van der Waals surface area contributed by atoms with Crippen LogP contribution >= 0.6 is 0 Å². The van der Waals surface area contributed by atoms with Gasteiger partial charge >= 0.3 is 0 Å². The zero-order valence-corrected chi connectivity index (χ0v) is 15.6. The van der Waals surface area contributed by atoms with Crippen molar-refractivity contribution in [3.63, 3.8) is 0 Å². The van der Waals surface area contributed by atoms with Gasteiger partial charge in [0.1, 0.15) is 11.5 Å². The first-order valence-electron chi connectivity index (χ1n) is 9.75. The van der Waals surface area contributed by atoms with Gasteiger partial charge in [0.05, 0.1) is 18.3 Å². The highest BCUT2D eigenvalue weighted by Gasteiger charge is 2.45. The second kappa shape index (κ2) is 8.04. The van der Waals surface area contributed by atoms with Gasteiger partial charge in [0.15, 0.2) is 0 Å². The van der Waals surface area contributed by atoms with Crippen LogP contribution in [0.1, 0.15) is 48.2 Å². The monoisotopic (exact) mass is 382 g/mol. The summed E-state index contributed by atoms with van der Waals surface area (Å²) in [5.74, 6) is -0.465. The molecule has 2 fully saturated rings. The van der Waals surface area contributed by atoms with E-state index in [4.69, 9.17) is 0 Å². The van der Waals surface area contributed by atoms with Crippen LogP contribution in [0.4, 0.5) is 4.39 Å². The van der Waals surface area contributed by atoms with Crippen molar-refractivity contribution >= 4 is 11.8 Å². The highest BCUT2D eigenvalue weighted by Crippen LogP contribution is 2.33. The maximum atomic E-state index is 14.3. The Morgan fingerprint density at radius 2 is 2.11 bits per heavy atom. The molecule has 1 aromatic heterocycles. The molecule has 28 heavy (non-hydrogen) atoms. The van der Waals surface area contributed by atoms with Gasteiger partial charge < -0.3 is 10.2 Å². The molecule has 0 saturated carbocycles. The van der Waals surface area contributed by atoms with E-state index in [1.54, 1.807) is 18.2 Å². The summed E-state index contributed by atoms with van der Waals surface area (Å²) >= 11 is 0. The highest BCUT2D eigenvalue weighted by atomic mass is 19.1. The zero-order chi connectivity index (χ0) is 19.5. The van der Waals surface area contributed by atoms with Gasteiger partial charge in [0, 0.05) is 24.9 Å². The van der Waals surface area contributed by atoms with E-state index in [2.05, 4.69) is 15.3 Å². The fraction of sp³-hybridized carbons (Fsp3) is 0.429. The van der Waals surface area contributed by atoms with Crippen molar-refractivity contribution < 1.29 is 14.0 Å². The Hall–Kier alpha value is -2.83. The average Bonchev–Trinajstić information content (AvgIpc) is 3.01. The molecule has 1 aromatic carbocycles. The third kappa shape index (κ3) is 3.74. The van der Waals surface area contributed by atoms with E-state index in [0.29, 0.717) is 24.8 Å². The third-order valence-corrected chi connectivity index (χ3v) is 5.67. The van der Waals surface area contributed by atoms with E-state index in [0.717, 1.165) is 19.3 Å². The third-order valence-electron chi connectivity index (χ3n) is 5.67. The van der Waals surface area contributed by atoms with Gasteiger partial charge in [-0.25, -0.2) is 9.37 Å². The minimum Gasteiger partial charge on any atom is -0.351 e. The van der Waals surface area contributed by atoms with Crippen molar-refractivity contribution in [2.75, 3.05) is 0 Å². The van der Waals surface area contributed by atoms with Crippen LogP contribution in [0.25, 0.3) is 0 Å². The van der Waals surface area contributed by atoms with E-state index < -0.39 is 0 Å². The first-order valence-corrected chi connectivity index (χ1v) is 9.75. The molecule has 0 spiro atoms. The number of nitrogens with one attached hydrogen (secondary N) is 1. The minimum absolute atomic E-state index is 0.0214. The van der Waals surface area contributed by atoms with E-state index in [9.17, 15) is 14.0 Å². The zero-order valence-electron chi connectivity index (χ0n) is 15.6. The van der Waals surface area contributed by atoms with Crippen LogP contribution in [0.2, 0.25) is 0 Å². The average molecular weight is 382 g/mol. The van der Waals surface area contributed by atoms with E-state index in [1.807, 2.05) is 4.90 Å². The molecule has 2 aromatic rings. The quantitative estimate of drug-likeness (QED) is 0.885. The SMILES string of the molecule is O=C1CCCC[C@@H]2[C@H](C[C@@H](Cc3ccccc3F)N2C(=O)c2cnccn2)N1. The predicted molar refractivity (Wildman–Crippen MR) is 101 cm³/mol. The number of carbonyl (C=O) groups excluding carboxylic acids is 2. The normalized spacial score (nSPS) is 24.8. The molecule has 0 unspecified atom stereocenters. The second-order valence-electron chi connectivity index (χ2n) is 7.48. The van der Waals surface area contributed by atoms with Crippen LogP contribution in [0.3, 0.4) is 0 Å². The molecule has 1 N–H and O–H groups in total. The van der Waals surface area contributed by atoms with Gasteiger partial charge in [0.25, 0.3) is 5.91 Å². The maximum absolute atomic E-state index is 14.3. The lowest BCUT2D eigenvalue weighted by Crippen LogP contribution is -2.49. The molecule has 2 amide bonds. The number of halogens is 1. The summed E-state index contributed by atoms with van der Waals surface area (Å²) in [5.41, 5.74) is 0.847. The van der Waals surface area contributed by atoms with Crippen LogP contribution < -0.4 is 5.32 Å². The molecule has 2 aliphatic heterocycles. The van der Waals surface area contributed by atoms with E-state index in [-0.39, 0.29) is 41.5 Å². The van der Waals surface area contributed by atoms with Crippen LogP contribution in [-0.4, -0.2) is 44.8 Å². The van der Waals surface area contributed by atoms with Crippen molar-refractivity contribution in [2.24, 2.45) is 0 Å². The Labute approximate surface area is 163 Å². The van der Waals surface area contributed by atoms with E-state index in [1.165, 1.54) is 24.7 Å². The largest absolute Gasteiger partial charge is 0.351 e. The lowest BCUT2D eigenvalue weighted by atomic mass is 9.97. The van der Waals surface area contributed by atoms with Gasteiger partial charge in [-0.3, -0.25) is 14.6 Å². The minimum atomic E-state index is -0.275. The van der Waals surface area contributed by atoms with Crippen molar-refractivity contribution in [1.82, 2.24) is 20.2 Å². The molecule has 2 aliphatic rings. The molecule has 0 radical (unpaired) electrons. The number of rotatable bonds is 3. The Morgan fingerprint density at radius 3 is 2.89 bits per heavy atom. The summed E-state index contributed by atoms with van der Waals surface area (Å²) in [5, 5.41) is 3.08. The van der Waals surface area contributed by atoms with Crippen LogP contribution in [0.5, 0.6) is 0 Å². The molecule has 2 saturated heterocycles. The van der Waals surface area contributed by atoms with Crippen LogP contribution in [0, 0.1) is 5.82 Å². The Morgan fingerprint density at radius 1 is 1.25 bits per heavy atom. The Bertz CT molecular complexity index is 860. The van der Waals surface area contributed by atoms with Gasteiger partial charge in [-0.1, -0.05) is 24.6 Å². The summed E-state index contributed by atoms with van der Waals surface area (Å²) in [4.78, 5) is 35.4. The molecule has 7 heteroatoms. The van der Waals surface area contributed by atoms with E-state index >= 15 is 0 Å². The maximum Gasteiger partial charge on any atom is 0.274 e. The van der Waals surface area contributed by atoms with Gasteiger partial charge in [-0.2, -0.15) is 0 Å². The second-order valence-corrected chi connectivity index (χ2v) is 7.48. The number of carbonyl (C=O) groups is 2. The highest BCUT2D eigenvalue weighted by molar-refractivity contribution is 5.93. The van der Waals surface area contributed by atoms with Gasteiger partial charge in [0.2, 0.25) is 5.91 Å². The molecular weight excluding hydrogens is 359 g/mol. The number of aromatic nitrogens is 2. The van der Waals surface area contributed by atoms with Crippen molar-refractivity contribution in [2.45, 2.75) is 56.7 Å². The van der Waals surface area contributed by atoms with Crippen molar-refractivity contribution in [1.29, 1.82) is 0 Å². The number of fused-ring (bicyclic) bond motifs is 1. The molecule has 3 atom stereocenters. The number of nitrogens with zero attached hydrogens (tertiary/aromatic N) is 3. The smallest absolute Gasteiger partial charge is 0.274 e. The number of hydrogen-bond acceptors (Lipinski definition) is 4. The van der Waals surface area contributed by atoms with Gasteiger partial charge in [-0.15, -0.1) is 0 Å². The Kier molecular flexibility index (Phi) is 5.32. The van der Waals surface area contributed by atoms with Crippen molar-refractivity contribution in [3.05, 3.63) is 59.9 Å². The summed E-state index contributed by atoms with van der Waals surface area (Å²) in [7, 11) is 0. The molecular formula is C21H23FN4O2. The molecule has 6 nitrogen and oxygen atoms in total. The topological polar surface area (TPSA) is 75.2 Å². The lowest BCUT2D eigenvalue weighted by Gasteiger charge is -2.32. The molecule has 0 aliphatic carbocycles. The van der Waals surface area contributed by atoms with Crippen LogP contribution in [0.15, 0.2) is 42.9 Å². The number of amides is 2. The lowest BCUT2D eigenvalue weighted by molar-refractivity contribution is -0.122. The summed E-state index contributed by atoms with van der Waals surface area (Å²) in [6, 6.07) is 6.20. The van der Waals surface area contributed by atoms with Gasteiger partial charge in [-0.05, 0) is 37.3 Å². The standard InChI is InChI=1S/C21H23FN4O2/c22-16-6-2-1-5-14(16)11-15-12-17-19(7-3-4-8-20(27)25-17)26(15)21(28)18-13-23-9-10-24-18/h1-2,5-6,9-10,13,15,17,19H,3-4,7-8,11-12H2,(H,25,27)/t15-,17+,19-/m1/s1. The van der Waals surface area contributed by atoms with Crippen molar-refractivity contribution in [3.8, 4) is 0 Å². The molecule has 4 rings (SSSR count). The summed E-state index contributed by atoms with van der Waals surface area (Å²) in [6.45, 7) is 0. The Balaban J connectivity index is 1.66. The number of benzene rings is 1. The van der Waals surface area contributed by atoms with Crippen LogP contribution in [-0.2, 0) is 11.2 Å². The summed E-state index contributed by atoms with van der Waals surface area (Å²) in [6.07, 6.45) is 8.49. The molecule has 0 bridgehead atoms. The fourth-order valence-corrected chi connectivity index (χ4v) is 4.40.